The second-order valence-electron chi connectivity index (χ2n) is 9.92. The van der Waals surface area contributed by atoms with Gasteiger partial charge in [0.05, 0.1) is 12.1 Å². The van der Waals surface area contributed by atoms with Crippen LogP contribution >= 0.6 is 0 Å². The fourth-order valence-electron chi connectivity index (χ4n) is 3.83. The first-order chi connectivity index (χ1) is 18.0. The zero-order valence-corrected chi connectivity index (χ0v) is 22.5. The molecule has 206 valence electrons. The van der Waals surface area contributed by atoms with Crippen LogP contribution in [0.1, 0.15) is 76.8 Å². The first kappa shape index (κ1) is 29.0. The van der Waals surface area contributed by atoms with Crippen molar-refractivity contribution >= 4 is 22.8 Å². The van der Waals surface area contributed by atoms with Crippen LogP contribution in [0.3, 0.4) is 0 Å². The summed E-state index contributed by atoms with van der Waals surface area (Å²) in [5.74, 6) is -0.240. The topological polar surface area (TPSA) is 88.2 Å². The molecule has 0 radical (unpaired) electrons. The number of urea groups is 1. The summed E-state index contributed by atoms with van der Waals surface area (Å²) < 4.78 is 45.6. The molecular formula is C28H36F3N5O2. The van der Waals surface area contributed by atoms with Crippen LogP contribution in [0, 0.1) is 0 Å². The Hall–Kier alpha value is -3.56. The predicted octanol–water partition coefficient (Wildman–Crippen LogP) is 6.94. The molecule has 7 nitrogen and oxygen atoms in total. The van der Waals surface area contributed by atoms with Crippen LogP contribution in [-0.2, 0) is 11.6 Å². The van der Waals surface area contributed by atoms with Crippen LogP contribution in [0.4, 0.5) is 23.8 Å². The molecule has 10 heteroatoms. The Morgan fingerprint density at radius 3 is 2.50 bits per heavy atom. The molecule has 0 bridgehead atoms. The quantitative estimate of drug-likeness (QED) is 0.184. The molecule has 2 aromatic carbocycles. The Bertz CT molecular complexity index is 1250. The van der Waals surface area contributed by atoms with Gasteiger partial charge in [-0.2, -0.15) is 13.2 Å². The number of nitrogens with one attached hydrogen (secondary N) is 3. The molecule has 2 amide bonds. The summed E-state index contributed by atoms with van der Waals surface area (Å²) in [5, 5.41) is 3.01. The third kappa shape index (κ3) is 7.26. The number of ether oxygens (including phenoxy) is 1. The number of alkyl halides is 3. The van der Waals surface area contributed by atoms with Gasteiger partial charge < -0.3 is 10.1 Å². The van der Waals surface area contributed by atoms with Crippen molar-refractivity contribution in [2.45, 2.75) is 71.4 Å². The Morgan fingerprint density at radius 2 is 1.82 bits per heavy atom. The number of rotatable bonds is 11. The average Bonchev–Trinajstić information content (AvgIpc) is 2.90. The fourth-order valence-corrected chi connectivity index (χ4v) is 3.83. The minimum absolute atomic E-state index is 0.0818. The van der Waals surface area contributed by atoms with Crippen molar-refractivity contribution in [1.82, 2.24) is 20.7 Å². The Kier molecular flexibility index (Phi) is 9.40. The van der Waals surface area contributed by atoms with Crippen LogP contribution in [0.15, 0.2) is 42.5 Å². The summed E-state index contributed by atoms with van der Waals surface area (Å²) in [6, 6.07) is 12.0. The number of halogens is 3. The van der Waals surface area contributed by atoms with Gasteiger partial charge in [0.2, 0.25) is 5.82 Å². The Morgan fingerprint density at radius 1 is 1.08 bits per heavy atom. The van der Waals surface area contributed by atoms with E-state index in [0.717, 1.165) is 18.6 Å². The van der Waals surface area contributed by atoms with Crippen LogP contribution in [-0.4, -0.2) is 29.2 Å². The van der Waals surface area contributed by atoms with Gasteiger partial charge in [-0.05, 0) is 59.9 Å². The number of aromatic nitrogens is 2. The van der Waals surface area contributed by atoms with Crippen LogP contribution < -0.4 is 20.9 Å². The maximum Gasteiger partial charge on any atom is 0.451 e. The molecule has 0 fully saturated rings. The minimum Gasteiger partial charge on any atom is -0.493 e. The molecule has 38 heavy (non-hydrogen) atoms. The van der Waals surface area contributed by atoms with Gasteiger partial charge in [0.15, 0.2) is 5.82 Å². The third-order valence-electron chi connectivity index (χ3n) is 6.83. The van der Waals surface area contributed by atoms with E-state index in [0.29, 0.717) is 30.9 Å². The van der Waals surface area contributed by atoms with E-state index in [1.807, 2.05) is 6.07 Å². The molecule has 0 saturated carbocycles. The minimum atomic E-state index is -4.72. The Balaban J connectivity index is 1.53. The molecule has 1 heterocycles. The molecule has 0 saturated heterocycles. The number of hydrogen-bond acceptors (Lipinski definition) is 5. The van der Waals surface area contributed by atoms with Gasteiger partial charge in [-0.1, -0.05) is 58.9 Å². The van der Waals surface area contributed by atoms with Crippen molar-refractivity contribution in [2.24, 2.45) is 0 Å². The van der Waals surface area contributed by atoms with E-state index < -0.39 is 18.0 Å². The van der Waals surface area contributed by atoms with E-state index in [4.69, 9.17) is 4.74 Å². The van der Waals surface area contributed by atoms with Crippen molar-refractivity contribution in [3.8, 4) is 5.75 Å². The number of nitrogens with zero attached hydrogens (tertiary/aromatic N) is 2. The van der Waals surface area contributed by atoms with Crippen LogP contribution in [0.5, 0.6) is 5.75 Å². The second-order valence-corrected chi connectivity index (χ2v) is 9.92. The number of carbonyl (C=O) groups is 1. The number of carbonyl (C=O) groups excluding carboxylic acids is 1. The van der Waals surface area contributed by atoms with E-state index in [-0.39, 0.29) is 16.7 Å². The smallest absolute Gasteiger partial charge is 0.451 e. The molecule has 3 rings (SSSR count). The molecule has 0 aliphatic carbocycles. The van der Waals surface area contributed by atoms with E-state index in [1.54, 1.807) is 18.2 Å². The third-order valence-corrected chi connectivity index (χ3v) is 6.83. The van der Waals surface area contributed by atoms with Crippen molar-refractivity contribution in [3.63, 3.8) is 0 Å². The molecule has 1 atom stereocenters. The lowest BCUT2D eigenvalue weighted by atomic mass is 9.80. The van der Waals surface area contributed by atoms with Gasteiger partial charge in [-0.3, -0.25) is 10.9 Å². The highest BCUT2D eigenvalue weighted by molar-refractivity contribution is 5.89. The highest BCUT2D eigenvalue weighted by atomic mass is 19.4. The monoisotopic (exact) mass is 531 g/mol. The second kappa shape index (κ2) is 12.3. The first-order valence-corrected chi connectivity index (χ1v) is 12.9. The van der Waals surface area contributed by atoms with Crippen molar-refractivity contribution in [1.29, 1.82) is 0 Å². The maximum atomic E-state index is 13.2. The van der Waals surface area contributed by atoms with Gasteiger partial charge in [0, 0.05) is 11.9 Å². The Labute approximate surface area is 221 Å². The SMILES string of the molecule is CCC(C)c1cc(C(C)(C)CC)ccc1OCCCNC(=O)NNc1nc(C(F)(F)F)nc2ccccc12. The summed E-state index contributed by atoms with van der Waals surface area (Å²) in [6.45, 7) is 11.7. The van der Waals surface area contributed by atoms with Gasteiger partial charge in [-0.25, -0.2) is 14.8 Å². The highest BCUT2D eigenvalue weighted by Gasteiger charge is 2.35. The number of benzene rings is 2. The van der Waals surface area contributed by atoms with Crippen molar-refractivity contribution in [3.05, 3.63) is 59.4 Å². The average molecular weight is 532 g/mol. The van der Waals surface area contributed by atoms with E-state index in [2.05, 4.69) is 72.9 Å². The molecule has 0 aliphatic rings. The lowest BCUT2D eigenvalue weighted by Gasteiger charge is -2.26. The molecule has 0 spiro atoms. The van der Waals surface area contributed by atoms with Crippen molar-refractivity contribution in [2.75, 3.05) is 18.6 Å². The van der Waals surface area contributed by atoms with Gasteiger partial charge in [-0.15, -0.1) is 0 Å². The number of fused-ring (bicyclic) bond motifs is 1. The summed E-state index contributed by atoms with van der Waals surface area (Å²) in [5.41, 5.74) is 7.46. The zero-order chi connectivity index (χ0) is 27.9. The summed E-state index contributed by atoms with van der Waals surface area (Å²) in [6.07, 6.45) is -2.14. The van der Waals surface area contributed by atoms with Crippen LogP contribution in [0.2, 0.25) is 0 Å². The van der Waals surface area contributed by atoms with E-state index in [1.165, 1.54) is 17.2 Å². The number of hydrazine groups is 1. The maximum absolute atomic E-state index is 13.2. The molecule has 1 unspecified atom stereocenters. The molecule has 3 N–H and O–H groups in total. The van der Waals surface area contributed by atoms with Crippen LogP contribution in [0.25, 0.3) is 10.9 Å². The summed E-state index contributed by atoms with van der Waals surface area (Å²) in [7, 11) is 0. The summed E-state index contributed by atoms with van der Waals surface area (Å²) >= 11 is 0. The lowest BCUT2D eigenvalue weighted by molar-refractivity contribution is -0.144. The lowest BCUT2D eigenvalue weighted by Crippen LogP contribution is -2.40. The molecule has 1 aromatic heterocycles. The molecule has 0 aliphatic heterocycles. The van der Waals surface area contributed by atoms with Gasteiger partial charge in [0.25, 0.3) is 0 Å². The van der Waals surface area contributed by atoms with Crippen molar-refractivity contribution < 1.29 is 22.7 Å². The van der Waals surface area contributed by atoms with E-state index >= 15 is 0 Å². The first-order valence-electron chi connectivity index (χ1n) is 12.9. The number of hydrogen-bond donors (Lipinski definition) is 3. The zero-order valence-electron chi connectivity index (χ0n) is 22.5. The van der Waals surface area contributed by atoms with Gasteiger partial charge >= 0.3 is 12.2 Å². The highest BCUT2D eigenvalue weighted by Crippen LogP contribution is 2.35. The fraction of sp³-hybridized carbons (Fsp3) is 0.464. The summed E-state index contributed by atoms with van der Waals surface area (Å²) in [4.78, 5) is 19.3. The molecular weight excluding hydrogens is 495 g/mol. The molecule has 3 aromatic rings. The van der Waals surface area contributed by atoms with Gasteiger partial charge in [0.1, 0.15) is 5.75 Å². The largest absolute Gasteiger partial charge is 0.493 e. The number of anilines is 1. The van der Waals surface area contributed by atoms with E-state index in [9.17, 15) is 18.0 Å². The number of amides is 2. The predicted molar refractivity (Wildman–Crippen MR) is 143 cm³/mol. The standard InChI is InChI=1S/C28H36F3N5O2/c1-6-18(3)21-17-19(27(4,5)7-2)13-14-23(21)38-16-10-15-32-26(37)36-35-24-20-11-8-9-12-22(20)33-25(34-24)28(29,30)31/h8-9,11-14,17-18H,6-7,10,15-16H2,1-5H3,(H2,32,36,37)(H,33,34,35). The normalized spacial score (nSPS) is 12.7. The number of para-hydroxylation sites is 1.